The topological polar surface area (TPSA) is 15.3 Å². The lowest BCUT2D eigenvalue weighted by molar-refractivity contribution is 0.192. The Bertz CT molecular complexity index is 178. The van der Waals surface area contributed by atoms with Crippen LogP contribution in [0.4, 0.5) is 0 Å². The molecule has 1 fully saturated rings. The van der Waals surface area contributed by atoms with Gasteiger partial charge in [-0.1, -0.05) is 40.5 Å². The van der Waals surface area contributed by atoms with Crippen molar-refractivity contribution in [2.75, 3.05) is 32.7 Å². The molecule has 2 unspecified atom stereocenters. The van der Waals surface area contributed by atoms with Gasteiger partial charge in [0.2, 0.25) is 0 Å². The largest absolute Gasteiger partial charge is 0.316 e. The highest BCUT2D eigenvalue weighted by molar-refractivity contribution is 4.81. The molecule has 0 spiro atoms. The molecule has 0 bridgehead atoms. The van der Waals surface area contributed by atoms with Crippen LogP contribution in [-0.2, 0) is 0 Å². The Morgan fingerprint density at radius 3 is 2.31 bits per heavy atom. The van der Waals surface area contributed by atoms with Gasteiger partial charge in [-0.25, -0.2) is 0 Å². The van der Waals surface area contributed by atoms with Gasteiger partial charge in [0.15, 0.2) is 0 Å². The van der Waals surface area contributed by atoms with Gasteiger partial charge in [0, 0.05) is 13.1 Å². The molecule has 2 atom stereocenters. The van der Waals surface area contributed by atoms with E-state index < -0.39 is 0 Å². The Hall–Kier alpha value is -0.0800. The Morgan fingerprint density at radius 1 is 1.19 bits per heavy atom. The van der Waals surface area contributed by atoms with Crippen LogP contribution in [0.2, 0.25) is 0 Å². The molecule has 1 aliphatic rings. The Kier molecular flexibility index (Phi) is 6.37. The molecule has 1 aliphatic heterocycles. The van der Waals surface area contributed by atoms with E-state index in [1.54, 1.807) is 0 Å². The summed E-state index contributed by atoms with van der Waals surface area (Å²) in [6.07, 6.45) is 2.65. The van der Waals surface area contributed by atoms with Crippen LogP contribution in [0, 0.1) is 17.8 Å². The average molecular weight is 226 g/mol. The first-order chi connectivity index (χ1) is 7.71. The Labute approximate surface area is 102 Å². The van der Waals surface area contributed by atoms with Gasteiger partial charge in [-0.3, -0.25) is 0 Å². The van der Waals surface area contributed by atoms with Crippen molar-refractivity contribution in [3.05, 3.63) is 0 Å². The van der Waals surface area contributed by atoms with Crippen molar-refractivity contribution in [1.82, 2.24) is 10.2 Å². The molecule has 0 aromatic carbocycles. The van der Waals surface area contributed by atoms with E-state index in [1.165, 1.54) is 45.6 Å². The first-order valence-corrected chi connectivity index (χ1v) is 7.14. The lowest BCUT2D eigenvalue weighted by Gasteiger charge is -2.29. The van der Waals surface area contributed by atoms with Gasteiger partial charge in [0.05, 0.1) is 0 Å². The summed E-state index contributed by atoms with van der Waals surface area (Å²) in [6.45, 7) is 15.6. The standard InChI is InChI=1S/C14H30N2/c1-5-13(6-2)10-16(7-3)11-14-9-15-8-12(14)4/h12-15H,5-11H2,1-4H3. The van der Waals surface area contributed by atoms with E-state index in [1.807, 2.05) is 0 Å². The molecular formula is C14H30N2. The molecule has 0 amide bonds. The smallest absolute Gasteiger partial charge is 0.00248 e. The van der Waals surface area contributed by atoms with E-state index in [2.05, 4.69) is 37.9 Å². The van der Waals surface area contributed by atoms with Crippen molar-refractivity contribution in [3.63, 3.8) is 0 Å². The van der Waals surface area contributed by atoms with Crippen molar-refractivity contribution >= 4 is 0 Å². The zero-order valence-corrected chi connectivity index (χ0v) is 11.6. The summed E-state index contributed by atoms with van der Waals surface area (Å²) in [7, 11) is 0. The fourth-order valence-corrected chi connectivity index (χ4v) is 2.69. The minimum absolute atomic E-state index is 0.857. The Morgan fingerprint density at radius 2 is 1.88 bits per heavy atom. The molecule has 0 saturated carbocycles. The number of hydrogen-bond acceptors (Lipinski definition) is 2. The maximum Gasteiger partial charge on any atom is 0.00248 e. The van der Waals surface area contributed by atoms with Gasteiger partial charge >= 0.3 is 0 Å². The predicted octanol–water partition coefficient (Wildman–Crippen LogP) is 2.60. The molecule has 0 aromatic rings. The van der Waals surface area contributed by atoms with Crippen LogP contribution in [0.5, 0.6) is 0 Å². The molecule has 0 radical (unpaired) electrons. The molecule has 1 saturated heterocycles. The summed E-state index contributed by atoms with van der Waals surface area (Å²) in [6, 6.07) is 0. The van der Waals surface area contributed by atoms with Gasteiger partial charge in [-0.05, 0) is 37.4 Å². The van der Waals surface area contributed by atoms with Gasteiger partial charge in [0.1, 0.15) is 0 Å². The highest BCUT2D eigenvalue weighted by Gasteiger charge is 2.25. The molecule has 0 aromatic heterocycles. The van der Waals surface area contributed by atoms with Crippen LogP contribution >= 0.6 is 0 Å². The minimum atomic E-state index is 0.857. The summed E-state index contributed by atoms with van der Waals surface area (Å²) in [5, 5.41) is 3.51. The van der Waals surface area contributed by atoms with Gasteiger partial charge < -0.3 is 10.2 Å². The van der Waals surface area contributed by atoms with Crippen molar-refractivity contribution in [2.45, 2.75) is 40.5 Å². The summed E-state index contributed by atoms with van der Waals surface area (Å²) < 4.78 is 0. The molecule has 1 N–H and O–H groups in total. The van der Waals surface area contributed by atoms with Crippen LogP contribution in [0.15, 0.2) is 0 Å². The minimum Gasteiger partial charge on any atom is -0.316 e. The van der Waals surface area contributed by atoms with Gasteiger partial charge in [-0.2, -0.15) is 0 Å². The first-order valence-electron chi connectivity index (χ1n) is 7.14. The normalized spacial score (nSPS) is 25.9. The zero-order valence-electron chi connectivity index (χ0n) is 11.6. The summed E-state index contributed by atoms with van der Waals surface area (Å²) >= 11 is 0. The highest BCUT2D eigenvalue weighted by Crippen LogP contribution is 2.18. The lowest BCUT2D eigenvalue weighted by Crippen LogP contribution is -2.35. The number of rotatable bonds is 7. The van der Waals surface area contributed by atoms with E-state index >= 15 is 0 Å². The molecule has 1 heterocycles. The molecular weight excluding hydrogens is 196 g/mol. The maximum atomic E-state index is 3.51. The second-order valence-electron chi connectivity index (χ2n) is 5.43. The molecule has 0 aliphatic carbocycles. The van der Waals surface area contributed by atoms with E-state index in [4.69, 9.17) is 0 Å². The Balaban J connectivity index is 2.35. The quantitative estimate of drug-likeness (QED) is 0.718. The average Bonchev–Trinajstić information content (AvgIpc) is 2.70. The van der Waals surface area contributed by atoms with E-state index in [9.17, 15) is 0 Å². The van der Waals surface area contributed by atoms with Crippen LogP contribution < -0.4 is 5.32 Å². The van der Waals surface area contributed by atoms with Crippen LogP contribution in [0.25, 0.3) is 0 Å². The van der Waals surface area contributed by atoms with Crippen molar-refractivity contribution in [1.29, 1.82) is 0 Å². The number of nitrogens with zero attached hydrogens (tertiary/aromatic N) is 1. The third-order valence-electron chi connectivity index (χ3n) is 4.29. The second-order valence-corrected chi connectivity index (χ2v) is 5.43. The number of nitrogens with one attached hydrogen (secondary N) is 1. The first kappa shape index (κ1) is 14.0. The van der Waals surface area contributed by atoms with E-state index in [0.717, 1.165) is 17.8 Å². The van der Waals surface area contributed by atoms with Crippen molar-refractivity contribution < 1.29 is 0 Å². The summed E-state index contributed by atoms with van der Waals surface area (Å²) in [4.78, 5) is 2.66. The third-order valence-corrected chi connectivity index (χ3v) is 4.29. The monoisotopic (exact) mass is 226 g/mol. The number of hydrogen-bond donors (Lipinski definition) is 1. The van der Waals surface area contributed by atoms with E-state index in [-0.39, 0.29) is 0 Å². The summed E-state index contributed by atoms with van der Waals surface area (Å²) in [5.74, 6) is 2.62. The molecule has 1 rings (SSSR count). The summed E-state index contributed by atoms with van der Waals surface area (Å²) in [5.41, 5.74) is 0. The van der Waals surface area contributed by atoms with Crippen LogP contribution in [0.1, 0.15) is 40.5 Å². The van der Waals surface area contributed by atoms with Gasteiger partial charge in [0.25, 0.3) is 0 Å². The maximum absolute atomic E-state index is 3.51. The highest BCUT2D eigenvalue weighted by atomic mass is 15.1. The molecule has 96 valence electrons. The van der Waals surface area contributed by atoms with Crippen LogP contribution in [-0.4, -0.2) is 37.6 Å². The lowest BCUT2D eigenvalue weighted by atomic mass is 9.96. The SMILES string of the molecule is CCC(CC)CN(CC)CC1CNCC1C. The fraction of sp³-hybridized carbons (Fsp3) is 1.00. The third kappa shape index (κ3) is 4.06. The van der Waals surface area contributed by atoms with Crippen molar-refractivity contribution in [3.8, 4) is 0 Å². The predicted molar refractivity (Wildman–Crippen MR) is 71.7 cm³/mol. The van der Waals surface area contributed by atoms with Crippen molar-refractivity contribution in [2.24, 2.45) is 17.8 Å². The second kappa shape index (κ2) is 7.29. The molecule has 2 heteroatoms. The van der Waals surface area contributed by atoms with Gasteiger partial charge in [-0.15, -0.1) is 0 Å². The zero-order chi connectivity index (χ0) is 12.0. The molecule has 2 nitrogen and oxygen atoms in total. The fourth-order valence-electron chi connectivity index (χ4n) is 2.69. The van der Waals surface area contributed by atoms with Crippen LogP contribution in [0.3, 0.4) is 0 Å². The molecule has 16 heavy (non-hydrogen) atoms. The van der Waals surface area contributed by atoms with E-state index in [0.29, 0.717) is 0 Å².